The van der Waals surface area contributed by atoms with Crippen LogP contribution in [0.4, 0.5) is 22.7 Å². The van der Waals surface area contributed by atoms with Gasteiger partial charge in [-0.25, -0.2) is 0 Å². The van der Waals surface area contributed by atoms with Crippen LogP contribution in [0.25, 0.3) is 0 Å². The molecule has 0 aliphatic heterocycles. The summed E-state index contributed by atoms with van der Waals surface area (Å²) < 4.78 is 0. The Balaban J connectivity index is 1.39. The average molecular weight is 719 g/mol. The lowest BCUT2D eigenvalue weighted by Gasteiger charge is -2.27. The van der Waals surface area contributed by atoms with E-state index >= 15 is 9.59 Å². The average Bonchev–Trinajstić information content (AvgIpc) is 3.12. The first kappa shape index (κ1) is 35.4. The summed E-state index contributed by atoms with van der Waals surface area (Å²) in [5.41, 5.74) is 6.98. The lowest BCUT2D eigenvalue weighted by molar-refractivity contribution is 0.0976. The first-order valence-corrected chi connectivity index (χ1v) is 19.1. The molecule has 1 aliphatic carbocycles. The molecule has 0 fully saturated rings. The molecule has 2 N–H and O–H groups in total. The van der Waals surface area contributed by atoms with E-state index in [9.17, 15) is 0 Å². The van der Waals surface area contributed by atoms with Crippen LogP contribution in [0.5, 0.6) is 0 Å². The van der Waals surface area contributed by atoms with Crippen molar-refractivity contribution in [3.05, 3.63) is 167 Å². The van der Waals surface area contributed by atoms with Crippen molar-refractivity contribution >= 4 is 57.8 Å². The molecule has 0 saturated heterocycles. The molecule has 4 nitrogen and oxygen atoms in total. The molecule has 0 atom stereocenters. The Morgan fingerprint density at radius 2 is 0.750 bits per heavy atom. The third-order valence-corrected chi connectivity index (χ3v) is 11.4. The molecule has 0 amide bonds. The largest absolute Gasteiger partial charge is 0.355 e. The van der Waals surface area contributed by atoms with Crippen molar-refractivity contribution in [1.82, 2.24) is 0 Å². The van der Waals surface area contributed by atoms with E-state index in [0.29, 0.717) is 33.6 Å². The Kier molecular flexibility index (Phi) is 9.64. The molecule has 260 valence electrons. The fraction of sp³-hybridized carbons (Fsp3) is 0.174. The van der Waals surface area contributed by atoms with Gasteiger partial charge in [-0.1, -0.05) is 126 Å². The highest BCUT2D eigenvalue weighted by Gasteiger charge is 2.38. The number of carbonyl (C=O) groups is 2. The summed E-state index contributed by atoms with van der Waals surface area (Å²) in [6.45, 7) is 13.2. The maximum absolute atomic E-state index is 15.2. The molecule has 0 radical (unpaired) electrons. The molecule has 1 aliphatic rings. The summed E-state index contributed by atoms with van der Waals surface area (Å²) in [4.78, 5) is 33.8. The molecule has 0 spiro atoms. The molecule has 0 bridgehead atoms. The molecule has 7 rings (SSSR count). The molecular weight excluding hydrogens is 677 g/mol. The second-order valence-corrected chi connectivity index (χ2v) is 17.3. The molecule has 0 heterocycles. The highest BCUT2D eigenvalue weighted by Crippen LogP contribution is 2.46. The van der Waals surface area contributed by atoms with Crippen molar-refractivity contribution < 1.29 is 9.59 Å². The van der Waals surface area contributed by atoms with Crippen LogP contribution in [0.1, 0.15) is 84.5 Å². The zero-order valence-corrected chi connectivity index (χ0v) is 32.0. The first-order valence-electron chi connectivity index (χ1n) is 17.5. The van der Waals surface area contributed by atoms with E-state index in [1.54, 1.807) is 0 Å². The van der Waals surface area contributed by atoms with Crippen molar-refractivity contribution in [3.63, 3.8) is 0 Å². The van der Waals surface area contributed by atoms with Crippen LogP contribution in [0.2, 0.25) is 0 Å². The van der Waals surface area contributed by atoms with Gasteiger partial charge in [0.15, 0.2) is 11.6 Å². The third kappa shape index (κ3) is 7.32. The van der Waals surface area contributed by atoms with Gasteiger partial charge in [-0.3, -0.25) is 9.59 Å². The smallest absolute Gasteiger partial charge is 0.197 e. The van der Waals surface area contributed by atoms with E-state index in [4.69, 9.17) is 0 Å². The molecule has 6 aromatic carbocycles. The number of benzene rings is 6. The maximum Gasteiger partial charge on any atom is 0.197 e. The number of hydrogen-bond donors (Lipinski definition) is 2. The molecular formula is C46H42N2O2S2. The Hall–Kier alpha value is -5.04. The predicted octanol–water partition coefficient (Wildman–Crippen LogP) is 12.8. The monoisotopic (exact) mass is 718 g/mol. The van der Waals surface area contributed by atoms with Crippen LogP contribution < -0.4 is 10.6 Å². The minimum atomic E-state index is -0.181. The molecule has 6 heteroatoms. The van der Waals surface area contributed by atoms with Gasteiger partial charge in [-0.05, 0) is 94.8 Å². The lowest BCUT2D eigenvalue weighted by Crippen LogP contribution is -2.25. The number of fused-ring (bicyclic) bond motifs is 2. The highest BCUT2D eigenvalue weighted by molar-refractivity contribution is 7.99. The van der Waals surface area contributed by atoms with Crippen LogP contribution in [0.3, 0.4) is 0 Å². The van der Waals surface area contributed by atoms with Crippen molar-refractivity contribution in [3.8, 4) is 0 Å². The molecule has 52 heavy (non-hydrogen) atoms. The van der Waals surface area contributed by atoms with E-state index in [1.165, 1.54) is 34.7 Å². The van der Waals surface area contributed by atoms with Gasteiger partial charge in [0.1, 0.15) is 0 Å². The Morgan fingerprint density at radius 1 is 0.404 bits per heavy atom. The van der Waals surface area contributed by atoms with Crippen molar-refractivity contribution in [2.45, 2.75) is 72.0 Å². The van der Waals surface area contributed by atoms with Gasteiger partial charge >= 0.3 is 0 Å². The minimum absolute atomic E-state index is 0.0196. The number of rotatable bonds is 8. The van der Waals surface area contributed by atoms with E-state index in [0.717, 1.165) is 31.0 Å². The van der Waals surface area contributed by atoms with Gasteiger partial charge < -0.3 is 10.6 Å². The number of hydrogen-bond acceptors (Lipinski definition) is 6. The second kappa shape index (κ2) is 14.2. The van der Waals surface area contributed by atoms with Gasteiger partial charge in [0.2, 0.25) is 0 Å². The standard InChI is InChI=1S/C46H42N2O2S2/c1-45(2,3)29-17-21-33(22-18-29)51-37-27-25-35(47-31-13-9-7-10-14-31)39-41(37)43(49)40-36(48-32-15-11-8-12-16-32)26-28-38(42(40)44(39)50)52-34-23-19-30(20-24-34)46(4,5)6/h7-28,47-48H,1-6H3. The number of carbonyl (C=O) groups excluding carboxylic acids is 2. The Labute approximate surface area is 315 Å². The summed E-state index contributed by atoms with van der Waals surface area (Å²) in [5.74, 6) is -0.363. The minimum Gasteiger partial charge on any atom is -0.355 e. The Morgan fingerprint density at radius 3 is 1.08 bits per heavy atom. The zero-order valence-electron chi connectivity index (χ0n) is 30.3. The normalized spacial score (nSPS) is 12.7. The van der Waals surface area contributed by atoms with E-state index in [1.807, 2.05) is 84.9 Å². The maximum atomic E-state index is 15.2. The highest BCUT2D eigenvalue weighted by atomic mass is 32.2. The van der Waals surface area contributed by atoms with Gasteiger partial charge in [0.25, 0.3) is 0 Å². The van der Waals surface area contributed by atoms with Gasteiger partial charge in [-0.2, -0.15) is 0 Å². The van der Waals surface area contributed by atoms with Gasteiger partial charge in [-0.15, -0.1) is 0 Å². The number of anilines is 4. The fourth-order valence-electron chi connectivity index (χ4n) is 6.37. The van der Waals surface area contributed by atoms with Crippen molar-refractivity contribution in [2.24, 2.45) is 0 Å². The number of nitrogens with one attached hydrogen (secondary N) is 2. The van der Waals surface area contributed by atoms with Gasteiger partial charge in [0, 0.05) is 42.1 Å². The van der Waals surface area contributed by atoms with Crippen LogP contribution >= 0.6 is 23.5 Å². The van der Waals surface area contributed by atoms with Crippen LogP contribution in [-0.4, -0.2) is 11.6 Å². The van der Waals surface area contributed by atoms with E-state index in [2.05, 4.69) is 101 Å². The van der Waals surface area contributed by atoms with Crippen LogP contribution in [-0.2, 0) is 10.8 Å². The predicted molar refractivity (Wildman–Crippen MR) is 218 cm³/mol. The number of ketones is 2. The molecule has 0 aromatic heterocycles. The topological polar surface area (TPSA) is 58.2 Å². The van der Waals surface area contributed by atoms with E-state index < -0.39 is 0 Å². The SMILES string of the molecule is CC(C)(C)c1ccc(Sc2ccc(Nc3ccccc3)c3c2C(=O)c2c(Nc4ccccc4)ccc(Sc4ccc(C(C)(C)C)cc4)c2C3=O)cc1. The van der Waals surface area contributed by atoms with Crippen molar-refractivity contribution in [1.29, 1.82) is 0 Å². The summed E-state index contributed by atoms with van der Waals surface area (Å²) in [7, 11) is 0. The molecule has 0 saturated carbocycles. The van der Waals surface area contributed by atoms with Crippen LogP contribution in [0, 0.1) is 0 Å². The quantitative estimate of drug-likeness (QED) is 0.163. The zero-order chi connectivity index (χ0) is 36.6. The van der Waals surface area contributed by atoms with Crippen LogP contribution in [0.15, 0.2) is 153 Å². The fourth-order valence-corrected chi connectivity index (χ4v) is 8.29. The van der Waals surface area contributed by atoms with E-state index in [-0.39, 0.29) is 22.4 Å². The van der Waals surface area contributed by atoms with Crippen molar-refractivity contribution in [2.75, 3.05) is 10.6 Å². The first-order chi connectivity index (χ1) is 24.9. The second-order valence-electron chi connectivity index (χ2n) is 15.1. The molecule has 6 aromatic rings. The number of para-hydroxylation sites is 2. The van der Waals surface area contributed by atoms with Gasteiger partial charge in [0.05, 0.1) is 22.5 Å². The lowest BCUT2D eigenvalue weighted by atomic mass is 9.82. The Bertz CT molecular complexity index is 2100. The summed E-state index contributed by atoms with van der Waals surface area (Å²) >= 11 is 3.02. The molecule has 0 unspecified atom stereocenters. The summed E-state index contributed by atoms with van der Waals surface area (Å²) in [6, 6.07) is 44.3. The summed E-state index contributed by atoms with van der Waals surface area (Å²) in [5, 5.41) is 6.94. The third-order valence-electron chi connectivity index (χ3n) is 9.24. The summed E-state index contributed by atoms with van der Waals surface area (Å²) in [6.07, 6.45) is 0.